The van der Waals surface area contributed by atoms with Gasteiger partial charge in [-0.25, -0.2) is 0 Å². The van der Waals surface area contributed by atoms with Crippen LogP contribution in [0.1, 0.15) is 58.0 Å². The molecule has 0 unspecified atom stereocenters. The van der Waals surface area contributed by atoms with E-state index < -0.39 is 12.1 Å². The van der Waals surface area contributed by atoms with Crippen LogP contribution in [0.2, 0.25) is 0 Å². The number of aryl methyl sites for hydroxylation is 3. The van der Waals surface area contributed by atoms with Gasteiger partial charge < -0.3 is 0 Å². The number of nitrogens with zero attached hydrogens (tertiary/aromatic N) is 2. The molecule has 2 aromatic heterocycles. The fraction of sp³-hybridized carbons (Fsp3) is 0.0794. The minimum absolute atomic E-state index is 0.0168. The van der Waals surface area contributed by atoms with Gasteiger partial charge >= 0.3 is 0 Å². The maximum Gasteiger partial charge on any atom is 0.0840 e. The van der Waals surface area contributed by atoms with Gasteiger partial charge in [-0.15, -0.1) is 0 Å². The molecule has 12 aromatic carbocycles. The van der Waals surface area contributed by atoms with E-state index in [1.54, 1.807) is 26.2 Å². The molecule has 0 saturated carbocycles. The molecule has 312 valence electrons. The van der Waals surface area contributed by atoms with Gasteiger partial charge in [0.15, 0.2) is 0 Å². The third-order valence-corrected chi connectivity index (χ3v) is 10.9. The zero-order valence-electron chi connectivity index (χ0n) is 57.9. The van der Waals surface area contributed by atoms with Gasteiger partial charge in [0.25, 0.3) is 0 Å². The predicted molar refractivity (Wildman–Crippen MR) is 283 cm³/mol. The average molecular weight is 857 g/mol. The molecule has 65 heavy (non-hydrogen) atoms. The lowest BCUT2D eigenvalue weighted by Gasteiger charge is -2.11. The Balaban J connectivity index is 0.000000128. The van der Waals surface area contributed by atoms with Gasteiger partial charge in [-0.1, -0.05) is 163 Å². The molecule has 0 saturated heterocycles. The third-order valence-electron chi connectivity index (χ3n) is 10.9. The first-order valence-electron chi connectivity index (χ1n) is 31.7. The largest absolute Gasteiger partial charge is 0.265 e. The van der Waals surface area contributed by atoms with E-state index in [9.17, 15) is 0 Å². The zero-order chi connectivity index (χ0) is 63.6. The Hall–Kier alpha value is -7.94. The summed E-state index contributed by atoms with van der Waals surface area (Å²) in [6, 6.07) is 18.2. The summed E-state index contributed by atoms with van der Waals surface area (Å²) in [6.45, 7) is 8.84. The van der Waals surface area contributed by atoms with E-state index in [0.717, 1.165) is 0 Å². The predicted octanol–water partition coefficient (Wildman–Crippen LogP) is 17.5. The van der Waals surface area contributed by atoms with Crippen LogP contribution in [0.25, 0.3) is 97.0 Å². The van der Waals surface area contributed by atoms with Crippen molar-refractivity contribution in [1.29, 1.82) is 0 Å². The lowest BCUT2D eigenvalue weighted by atomic mass is 9.92. The van der Waals surface area contributed by atoms with E-state index in [4.69, 9.17) is 30.2 Å². The van der Waals surface area contributed by atoms with Crippen molar-refractivity contribution in [2.75, 3.05) is 0 Å². The molecular weight excluding hydrogens is 785 g/mol. The quantitative estimate of drug-likeness (QED) is 0.142. The Morgan fingerprint density at radius 2 is 0.754 bits per heavy atom. The van der Waals surface area contributed by atoms with E-state index in [1.807, 2.05) is 19.1 Å². The van der Waals surface area contributed by atoms with Crippen LogP contribution in [0, 0.1) is 34.6 Å². The first-order chi connectivity index (χ1) is 41.0. The highest BCUT2D eigenvalue weighted by Gasteiger charge is 2.10. The first-order valence-corrected chi connectivity index (χ1v) is 20.7. The van der Waals surface area contributed by atoms with Crippen LogP contribution in [-0.4, -0.2) is 9.97 Å². The molecule has 0 N–H and O–H groups in total. The van der Waals surface area contributed by atoms with E-state index >= 15 is 0 Å². The summed E-state index contributed by atoms with van der Waals surface area (Å²) in [5.41, 5.74) is 3.49. The Morgan fingerprint density at radius 1 is 0.323 bits per heavy atom. The fourth-order valence-electron chi connectivity index (χ4n) is 7.99. The van der Waals surface area contributed by atoms with Crippen molar-refractivity contribution < 1.29 is 30.2 Å². The van der Waals surface area contributed by atoms with Crippen molar-refractivity contribution in [2.45, 2.75) is 34.6 Å². The van der Waals surface area contributed by atoms with E-state index in [2.05, 4.69) is 71.5 Å². The van der Waals surface area contributed by atoms with Crippen LogP contribution in [0.4, 0.5) is 0 Å². The van der Waals surface area contributed by atoms with Gasteiger partial charge in [-0.3, -0.25) is 9.97 Å². The first kappa shape index (κ1) is 23.1. The molecule has 0 aliphatic carbocycles. The van der Waals surface area contributed by atoms with Crippen LogP contribution in [0.5, 0.6) is 0 Å². The van der Waals surface area contributed by atoms with Gasteiger partial charge in [0.1, 0.15) is 0 Å². The highest BCUT2D eigenvalue weighted by Crippen LogP contribution is 2.37. The van der Waals surface area contributed by atoms with Crippen molar-refractivity contribution in [1.82, 2.24) is 9.97 Å². The number of benzene rings is 12. The fourth-order valence-corrected chi connectivity index (χ4v) is 7.99. The monoisotopic (exact) mass is 857 g/mol. The van der Waals surface area contributed by atoms with Crippen molar-refractivity contribution in [3.8, 4) is 0 Å². The Bertz CT molecular complexity index is 4520. The number of hydrogen-bond acceptors (Lipinski definition) is 2. The molecule has 2 nitrogen and oxygen atoms in total. The topological polar surface area (TPSA) is 25.8 Å². The van der Waals surface area contributed by atoms with E-state index in [0.29, 0.717) is 11.1 Å². The molecular formula is C63H50N2. The van der Waals surface area contributed by atoms with E-state index in [-0.39, 0.29) is 191 Å². The summed E-state index contributed by atoms with van der Waals surface area (Å²) in [6.07, 6.45) is 3.11. The second-order valence-electron chi connectivity index (χ2n) is 15.5. The van der Waals surface area contributed by atoms with Gasteiger partial charge in [0.2, 0.25) is 0 Å². The zero-order valence-corrected chi connectivity index (χ0v) is 35.9. The molecule has 0 bridgehead atoms. The maximum absolute atomic E-state index is 8.36. The van der Waals surface area contributed by atoms with Gasteiger partial charge in [0.05, 0.1) is 30.2 Å². The number of aromatic nitrogens is 2. The van der Waals surface area contributed by atoms with E-state index in [1.165, 1.54) is 50.4 Å². The standard InChI is InChI=1S/3C17H12.2C6H7N/c2*1-11-9-14-7-5-12-3-2-4-13-6-8-15(10-11)17(14)16(12)13;1-11-5-6-14-8-7-12-3-2-4-13-9-10-15(11)17(14)16(12)13;2*1-6-2-4-7-5-3-6/h3*2-10H,1H3;2*2-5H,1H3/i2D,3D,4D,5D,6D,7D,8D,9D,10D;;2D,3D,4D,5D,6D,7D,8D,9D,10D;2D,3D,4D,5D;. The average Bonchev–Trinajstić information content (AvgIpc) is 0.706. The maximum atomic E-state index is 8.36. The summed E-state index contributed by atoms with van der Waals surface area (Å²) in [5, 5.41) is 9.29. The number of pyridine rings is 2. The molecule has 0 spiro atoms. The molecule has 0 atom stereocenters. The smallest absolute Gasteiger partial charge is 0.0840 e. The summed E-state index contributed by atoms with van der Waals surface area (Å²) >= 11 is 0. The van der Waals surface area contributed by atoms with Crippen LogP contribution >= 0.6 is 0 Å². The van der Waals surface area contributed by atoms with Gasteiger partial charge in [-0.2, -0.15) is 0 Å². The Labute approximate surface area is 411 Å². The van der Waals surface area contributed by atoms with Crippen molar-refractivity contribution in [3.05, 3.63) is 240 Å². The number of rotatable bonds is 0. The van der Waals surface area contributed by atoms with Gasteiger partial charge in [-0.05, 0) is 184 Å². The Kier molecular flexibility index (Phi) is 6.29. The minimum Gasteiger partial charge on any atom is -0.265 e. The molecule has 0 aliphatic heterocycles. The molecule has 2 heterocycles. The molecule has 14 aromatic rings. The molecule has 0 amide bonds. The van der Waals surface area contributed by atoms with Crippen LogP contribution in [0.15, 0.2) is 212 Å². The van der Waals surface area contributed by atoms with Crippen LogP contribution in [-0.2, 0) is 0 Å². The summed E-state index contributed by atoms with van der Waals surface area (Å²) in [5.74, 6) is 0. The van der Waals surface area contributed by atoms with Gasteiger partial charge in [0, 0.05) is 24.7 Å². The molecule has 0 fully saturated rings. The Morgan fingerprint density at radius 3 is 1.29 bits per heavy atom. The van der Waals surface area contributed by atoms with Crippen LogP contribution in [0.3, 0.4) is 0 Å². The highest BCUT2D eigenvalue weighted by atomic mass is 14.6. The minimum atomic E-state index is -0.468. The molecule has 0 radical (unpaired) electrons. The van der Waals surface area contributed by atoms with Crippen LogP contribution < -0.4 is 0 Å². The highest BCUT2D eigenvalue weighted by molar-refractivity contribution is 6.25. The normalized spacial score (nSPS) is 15.9. The molecule has 14 rings (SSSR count). The second kappa shape index (κ2) is 17.7. The second-order valence-corrected chi connectivity index (χ2v) is 15.5. The summed E-state index contributed by atoms with van der Waals surface area (Å²) in [4.78, 5) is 7.24. The van der Waals surface area contributed by atoms with Crippen molar-refractivity contribution >= 4 is 97.0 Å². The SMILES string of the molecule is Cc1cc2ccc3cccc4ccc(c1)c2c34.Cc1ccncc1.[2H]c1c([2H])c2c([2H])c([2H])c3c([2H])c(C)c([2H])c4c([2H])c([2H])c(c1[2H])c2c34.[2H]c1c([2H])c2c([2H])c([2H])c3c([2H])c([2H])c(C)c4c([2H])c([2H])c(c1[2H])c2c34.[2H]c1nc([2H])c([2H])c(C)c1[2H]. The third kappa shape index (κ3) is 8.23. The summed E-state index contributed by atoms with van der Waals surface area (Å²) in [7, 11) is 0. The lowest BCUT2D eigenvalue weighted by Crippen LogP contribution is -1.85. The molecule has 0 aliphatic rings. The lowest BCUT2D eigenvalue weighted by molar-refractivity contribution is 1.29. The van der Waals surface area contributed by atoms with Crippen molar-refractivity contribution in [2.24, 2.45) is 0 Å². The number of hydrogen-bond donors (Lipinski definition) is 0. The summed E-state index contributed by atoms with van der Waals surface area (Å²) < 4.78 is 177. The molecule has 2 heteroatoms. The van der Waals surface area contributed by atoms with Crippen molar-refractivity contribution in [3.63, 3.8) is 0 Å².